The van der Waals surface area contributed by atoms with Gasteiger partial charge in [0.15, 0.2) is 0 Å². The van der Waals surface area contributed by atoms with Crippen molar-refractivity contribution in [1.29, 1.82) is 0 Å². The maximum Gasteiger partial charge on any atom is 0.126 e. The zero-order chi connectivity index (χ0) is 15.2. The molecule has 3 nitrogen and oxygen atoms in total. The molecule has 0 aliphatic rings. The third-order valence-corrected chi connectivity index (χ3v) is 3.44. The highest BCUT2D eigenvalue weighted by Crippen LogP contribution is 2.12. The average molecular weight is 293 g/mol. The highest BCUT2D eigenvalue weighted by Gasteiger charge is 2.13. The quantitative estimate of drug-likeness (QED) is 0.850. The van der Waals surface area contributed by atoms with Gasteiger partial charge >= 0.3 is 0 Å². The van der Waals surface area contributed by atoms with E-state index < -0.39 is 11.6 Å². The fourth-order valence-corrected chi connectivity index (χ4v) is 2.39. The minimum Gasteiger partial charge on any atom is -0.338 e. The van der Waals surface area contributed by atoms with Gasteiger partial charge in [-0.05, 0) is 37.1 Å². The Labute approximate surface area is 124 Å². The van der Waals surface area contributed by atoms with E-state index in [-0.39, 0.29) is 6.04 Å². The van der Waals surface area contributed by atoms with Crippen LogP contribution in [0.1, 0.15) is 24.7 Å². The first kappa shape index (κ1) is 15.6. The molecule has 0 fully saturated rings. The first-order chi connectivity index (χ1) is 10.1. The molecule has 0 aliphatic carbocycles. The summed E-state index contributed by atoms with van der Waals surface area (Å²) in [5.41, 5.74) is 0.662. The number of hydrogen-bond donors (Lipinski definition) is 1. The van der Waals surface area contributed by atoms with Crippen LogP contribution in [0.25, 0.3) is 0 Å². The van der Waals surface area contributed by atoms with Crippen molar-refractivity contribution < 1.29 is 8.78 Å². The van der Waals surface area contributed by atoms with Gasteiger partial charge in [0.05, 0.1) is 0 Å². The molecule has 1 aromatic carbocycles. The molecule has 21 heavy (non-hydrogen) atoms. The number of aryl methyl sites for hydroxylation is 1. The molecule has 0 radical (unpaired) electrons. The van der Waals surface area contributed by atoms with Crippen LogP contribution in [0.5, 0.6) is 0 Å². The van der Waals surface area contributed by atoms with E-state index in [9.17, 15) is 8.78 Å². The number of rotatable bonds is 7. The molecule has 1 N–H and O–H groups in total. The zero-order valence-electron chi connectivity index (χ0n) is 12.4. The summed E-state index contributed by atoms with van der Waals surface area (Å²) in [5, 5.41) is 3.42. The standard InChI is InChI=1S/C16H21F2N3/c1-3-4-19-15(11-16-20-5-6-21(16)2)9-12-7-13(17)10-14(18)8-12/h5-8,10,15,19H,3-4,9,11H2,1-2H3. The highest BCUT2D eigenvalue weighted by molar-refractivity contribution is 5.19. The van der Waals surface area contributed by atoms with Crippen LogP contribution < -0.4 is 5.32 Å². The summed E-state index contributed by atoms with van der Waals surface area (Å²) in [4.78, 5) is 4.32. The molecule has 0 saturated heterocycles. The van der Waals surface area contributed by atoms with Gasteiger partial charge in [0, 0.05) is 38.0 Å². The molecule has 1 atom stereocenters. The number of aromatic nitrogens is 2. The summed E-state index contributed by atoms with van der Waals surface area (Å²) in [6.45, 7) is 2.96. The summed E-state index contributed by atoms with van der Waals surface area (Å²) in [6.07, 6.45) is 5.96. The van der Waals surface area contributed by atoms with E-state index in [1.165, 1.54) is 12.1 Å². The Morgan fingerprint density at radius 3 is 2.48 bits per heavy atom. The van der Waals surface area contributed by atoms with Gasteiger partial charge < -0.3 is 9.88 Å². The predicted octanol–water partition coefficient (Wildman–Crippen LogP) is 2.85. The van der Waals surface area contributed by atoms with Crippen molar-refractivity contribution in [2.45, 2.75) is 32.2 Å². The Hall–Kier alpha value is -1.75. The molecular weight excluding hydrogens is 272 g/mol. The van der Waals surface area contributed by atoms with E-state index in [4.69, 9.17) is 0 Å². The maximum atomic E-state index is 13.3. The Bertz CT molecular complexity index is 560. The molecule has 1 unspecified atom stereocenters. The topological polar surface area (TPSA) is 29.9 Å². The average Bonchev–Trinajstić information content (AvgIpc) is 2.80. The first-order valence-corrected chi connectivity index (χ1v) is 7.23. The van der Waals surface area contributed by atoms with Crippen LogP contribution in [-0.4, -0.2) is 22.1 Å². The minimum atomic E-state index is -0.531. The van der Waals surface area contributed by atoms with Gasteiger partial charge in [-0.25, -0.2) is 13.8 Å². The van der Waals surface area contributed by atoms with Crippen LogP contribution >= 0.6 is 0 Å². The monoisotopic (exact) mass is 293 g/mol. The van der Waals surface area contributed by atoms with Gasteiger partial charge in [-0.3, -0.25) is 0 Å². The summed E-state index contributed by atoms with van der Waals surface area (Å²) < 4.78 is 28.6. The molecule has 0 amide bonds. The van der Waals surface area contributed by atoms with Crippen molar-refractivity contribution >= 4 is 0 Å². The smallest absolute Gasteiger partial charge is 0.126 e. The van der Waals surface area contributed by atoms with Crippen LogP contribution in [0.4, 0.5) is 8.78 Å². The van der Waals surface area contributed by atoms with E-state index >= 15 is 0 Å². The van der Waals surface area contributed by atoms with E-state index in [0.29, 0.717) is 12.0 Å². The number of imidazole rings is 1. The molecule has 2 rings (SSSR count). The Balaban J connectivity index is 2.10. The normalized spacial score (nSPS) is 12.6. The van der Waals surface area contributed by atoms with Gasteiger partial charge in [0.2, 0.25) is 0 Å². The lowest BCUT2D eigenvalue weighted by Crippen LogP contribution is -2.34. The number of nitrogens with one attached hydrogen (secondary N) is 1. The van der Waals surface area contributed by atoms with Crippen molar-refractivity contribution in [3.05, 3.63) is 53.6 Å². The number of benzene rings is 1. The second-order valence-electron chi connectivity index (χ2n) is 5.29. The second-order valence-corrected chi connectivity index (χ2v) is 5.29. The third kappa shape index (κ3) is 4.63. The van der Waals surface area contributed by atoms with Gasteiger partial charge in [0.25, 0.3) is 0 Å². The molecule has 0 saturated carbocycles. The van der Waals surface area contributed by atoms with Crippen LogP contribution in [0, 0.1) is 11.6 Å². The van der Waals surface area contributed by atoms with E-state index in [2.05, 4.69) is 17.2 Å². The Morgan fingerprint density at radius 1 is 1.19 bits per heavy atom. The molecule has 114 valence electrons. The van der Waals surface area contributed by atoms with Gasteiger partial charge in [0.1, 0.15) is 17.5 Å². The maximum absolute atomic E-state index is 13.3. The summed E-state index contributed by atoms with van der Waals surface area (Å²) in [5.74, 6) is -0.104. The lowest BCUT2D eigenvalue weighted by Gasteiger charge is -2.18. The SMILES string of the molecule is CCCNC(Cc1cc(F)cc(F)c1)Cc1nccn1C. The molecule has 1 aromatic heterocycles. The van der Waals surface area contributed by atoms with Gasteiger partial charge in [-0.1, -0.05) is 6.92 Å². The van der Waals surface area contributed by atoms with Crippen molar-refractivity contribution in [2.75, 3.05) is 6.54 Å². The molecule has 2 aromatic rings. The van der Waals surface area contributed by atoms with Crippen LogP contribution in [0.2, 0.25) is 0 Å². The fourth-order valence-electron chi connectivity index (χ4n) is 2.39. The largest absolute Gasteiger partial charge is 0.338 e. The molecule has 0 spiro atoms. The predicted molar refractivity (Wildman–Crippen MR) is 79.1 cm³/mol. The number of hydrogen-bond acceptors (Lipinski definition) is 2. The molecular formula is C16H21F2N3. The Morgan fingerprint density at radius 2 is 1.90 bits per heavy atom. The fraction of sp³-hybridized carbons (Fsp3) is 0.438. The zero-order valence-corrected chi connectivity index (χ0v) is 12.4. The van der Waals surface area contributed by atoms with Crippen molar-refractivity contribution in [2.24, 2.45) is 7.05 Å². The minimum absolute atomic E-state index is 0.104. The summed E-state index contributed by atoms with van der Waals surface area (Å²) >= 11 is 0. The lowest BCUT2D eigenvalue weighted by atomic mass is 10.0. The summed E-state index contributed by atoms with van der Waals surface area (Å²) in [6, 6.07) is 3.79. The molecule has 0 aliphatic heterocycles. The molecule has 1 heterocycles. The van der Waals surface area contributed by atoms with Crippen molar-refractivity contribution in [3.8, 4) is 0 Å². The number of halogens is 2. The molecule has 5 heteroatoms. The van der Waals surface area contributed by atoms with Crippen LogP contribution in [0.15, 0.2) is 30.6 Å². The van der Waals surface area contributed by atoms with Crippen LogP contribution in [0.3, 0.4) is 0 Å². The van der Waals surface area contributed by atoms with E-state index in [1.807, 2.05) is 17.8 Å². The van der Waals surface area contributed by atoms with Gasteiger partial charge in [-0.15, -0.1) is 0 Å². The van der Waals surface area contributed by atoms with E-state index in [1.54, 1.807) is 6.20 Å². The lowest BCUT2D eigenvalue weighted by molar-refractivity contribution is 0.486. The Kier molecular flexibility index (Phi) is 5.44. The van der Waals surface area contributed by atoms with Crippen molar-refractivity contribution in [1.82, 2.24) is 14.9 Å². The number of nitrogens with zero attached hydrogens (tertiary/aromatic N) is 2. The third-order valence-electron chi connectivity index (χ3n) is 3.44. The van der Waals surface area contributed by atoms with Crippen molar-refractivity contribution in [3.63, 3.8) is 0 Å². The van der Waals surface area contributed by atoms with Crippen LogP contribution in [-0.2, 0) is 19.9 Å². The van der Waals surface area contributed by atoms with E-state index in [0.717, 1.165) is 31.3 Å². The summed E-state index contributed by atoms with van der Waals surface area (Å²) in [7, 11) is 1.95. The highest BCUT2D eigenvalue weighted by atomic mass is 19.1. The second kappa shape index (κ2) is 7.31. The first-order valence-electron chi connectivity index (χ1n) is 7.23. The molecule has 0 bridgehead atoms. The van der Waals surface area contributed by atoms with Gasteiger partial charge in [-0.2, -0.15) is 0 Å².